The van der Waals surface area contributed by atoms with Crippen LogP contribution in [-0.2, 0) is 12.5 Å². The third-order valence-corrected chi connectivity index (χ3v) is 3.08. The quantitative estimate of drug-likeness (QED) is 0.899. The lowest BCUT2D eigenvalue weighted by Crippen LogP contribution is -2.15. The van der Waals surface area contributed by atoms with Gasteiger partial charge < -0.3 is 5.32 Å². The summed E-state index contributed by atoms with van der Waals surface area (Å²) in [6.45, 7) is 6.45. The Kier molecular flexibility index (Phi) is 3.42. The summed E-state index contributed by atoms with van der Waals surface area (Å²) in [7, 11) is 1.79. The Bertz CT molecular complexity index is 576. The smallest absolute Gasteiger partial charge is 0.256 e. The number of hydrogen-bond donors (Lipinski definition) is 1. The number of nitrogens with zero attached hydrogens (tertiary/aromatic N) is 2. The highest BCUT2D eigenvalue weighted by Gasteiger charge is 2.14. The number of aryl methyl sites for hydroxylation is 1. The molecule has 0 fully saturated rings. The van der Waals surface area contributed by atoms with Crippen LogP contribution in [0.15, 0.2) is 36.5 Å². The minimum Gasteiger partial charge on any atom is -0.307 e. The maximum Gasteiger partial charge on any atom is 0.256 e. The second-order valence-corrected chi connectivity index (χ2v) is 5.62. The molecule has 0 saturated carbocycles. The summed E-state index contributed by atoms with van der Waals surface area (Å²) < 4.78 is 1.63. The lowest BCUT2D eigenvalue weighted by atomic mass is 9.87. The van der Waals surface area contributed by atoms with Gasteiger partial charge >= 0.3 is 0 Å². The van der Waals surface area contributed by atoms with Gasteiger partial charge in [-0.05, 0) is 23.1 Å². The first kappa shape index (κ1) is 13.3. The van der Waals surface area contributed by atoms with Crippen LogP contribution < -0.4 is 5.32 Å². The predicted octanol–water partition coefficient (Wildman–Crippen LogP) is 2.97. The molecule has 0 radical (unpaired) electrons. The minimum absolute atomic E-state index is 0.0943. The van der Waals surface area contributed by atoms with E-state index in [-0.39, 0.29) is 11.3 Å². The van der Waals surface area contributed by atoms with E-state index in [0.29, 0.717) is 11.4 Å². The third-order valence-electron chi connectivity index (χ3n) is 3.08. The molecule has 2 rings (SSSR count). The van der Waals surface area contributed by atoms with Crippen LogP contribution in [0.25, 0.3) is 0 Å². The fourth-order valence-electron chi connectivity index (χ4n) is 1.81. The van der Waals surface area contributed by atoms with E-state index < -0.39 is 0 Å². The number of hydrogen-bond acceptors (Lipinski definition) is 2. The topological polar surface area (TPSA) is 46.9 Å². The Morgan fingerprint density at radius 1 is 1.16 bits per heavy atom. The van der Waals surface area contributed by atoms with Gasteiger partial charge in [-0.1, -0.05) is 32.9 Å². The maximum absolute atomic E-state index is 12.1. The molecule has 100 valence electrons. The van der Waals surface area contributed by atoms with Crippen molar-refractivity contribution in [1.29, 1.82) is 0 Å². The minimum atomic E-state index is -0.121. The van der Waals surface area contributed by atoms with E-state index in [9.17, 15) is 4.79 Å². The van der Waals surface area contributed by atoms with Crippen LogP contribution >= 0.6 is 0 Å². The van der Waals surface area contributed by atoms with E-state index in [1.165, 1.54) is 5.56 Å². The second-order valence-electron chi connectivity index (χ2n) is 5.62. The molecule has 2 aromatic rings. The number of amides is 1. The van der Waals surface area contributed by atoms with Crippen molar-refractivity contribution in [1.82, 2.24) is 9.78 Å². The Labute approximate surface area is 113 Å². The number of anilines is 1. The highest BCUT2D eigenvalue weighted by Crippen LogP contribution is 2.22. The zero-order valence-corrected chi connectivity index (χ0v) is 11.8. The average molecular weight is 257 g/mol. The SMILES string of the molecule is Cn1nccc1NC(=O)c1ccc(C(C)(C)C)cc1. The van der Waals surface area contributed by atoms with Gasteiger partial charge in [-0.3, -0.25) is 9.48 Å². The van der Waals surface area contributed by atoms with Gasteiger partial charge in [-0.15, -0.1) is 0 Å². The summed E-state index contributed by atoms with van der Waals surface area (Å²) in [5.41, 5.74) is 1.95. The molecule has 0 aliphatic carbocycles. The lowest BCUT2D eigenvalue weighted by molar-refractivity contribution is 0.102. The van der Waals surface area contributed by atoms with E-state index in [0.717, 1.165) is 0 Å². The van der Waals surface area contributed by atoms with E-state index in [4.69, 9.17) is 0 Å². The molecule has 19 heavy (non-hydrogen) atoms. The van der Waals surface area contributed by atoms with E-state index >= 15 is 0 Å². The number of rotatable bonds is 2. The summed E-state index contributed by atoms with van der Waals surface area (Å²) >= 11 is 0. The third kappa shape index (κ3) is 3.02. The molecule has 4 nitrogen and oxygen atoms in total. The van der Waals surface area contributed by atoms with Crippen LogP contribution in [0.5, 0.6) is 0 Å². The fraction of sp³-hybridized carbons (Fsp3) is 0.333. The van der Waals surface area contributed by atoms with Crippen LogP contribution in [0.3, 0.4) is 0 Å². The van der Waals surface area contributed by atoms with Crippen molar-refractivity contribution >= 4 is 11.7 Å². The predicted molar refractivity (Wildman–Crippen MR) is 76.3 cm³/mol. The van der Waals surface area contributed by atoms with Gasteiger partial charge in [0.25, 0.3) is 5.91 Å². The number of aromatic nitrogens is 2. The fourth-order valence-corrected chi connectivity index (χ4v) is 1.81. The number of carbonyl (C=O) groups is 1. The van der Waals surface area contributed by atoms with Gasteiger partial charge in [-0.25, -0.2) is 0 Å². The Morgan fingerprint density at radius 3 is 2.26 bits per heavy atom. The molecule has 1 amide bonds. The van der Waals surface area contributed by atoms with Gasteiger partial charge in [0.05, 0.1) is 6.20 Å². The molecule has 0 bridgehead atoms. The summed E-state index contributed by atoms with van der Waals surface area (Å²) in [5.74, 6) is 0.564. The summed E-state index contributed by atoms with van der Waals surface area (Å²) in [4.78, 5) is 12.1. The normalized spacial score (nSPS) is 11.4. The van der Waals surface area contributed by atoms with Crippen LogP contribution in [0.1, 0.15) is 36.7 Å². The molecule has 0 aliphatic rings. The van der Waals surface area contributed by atoms with Gasteiger partial charge in [0, 0.05) is 18.7 Å². The molecule has 0 aliphatic heterocycles. The molecule has 4 heteroatoms. The van der Waals surface area contributed by atoms with Crippen molar-refractivity contribution in [2.45, 2.75) is 26.2 Å². The van der Waals surface area contributed by atoms with Crippen LogP contribution in [-0.4, -0.2) is 15.7 Å². The first-order valence-electron chi connectivity index (χ1n) is 6.28. The van der Waals surface area contributed by atoms with Crippen molar-refractivity contribution in [2.24, 2.45) is 7.05 Å². The summed E-state index contributed by atoms with van der Waals surface area (Å²) in [6, 6.07) is 9.47. The highest BCUT2D eigenvalue weighted by molar-refractivity contribution is 6.03. The zero-order chi connectivity index (χ0) is 14.0. The first-order valence-corrected chi connectivity index (χ1v) is 6.28. The zero-order valence-electron chi connectivity index (χ0n) is 11.8. The van der Waals surface area contributed by atoms with Crippen molar-refractivity contribution < 1.29 is 4.79 Å². The number of nitrogens with one attached hydrogen (secondary N) is 1. The van der Waals surface area contributed by atoms with Crippen LogP contribution in [0.4, 0.5) is 5.82 Å². The molecule has 0 atom stereocenters. The molecule has 1 aromatic heterocycles. The van der Waals surface area contributed by atoms with E-state index in [1.807, 2.05) is 24.3 Å². The molecule has 1 heterocycles. The van der Waals surface area contributed by atoms with Crippen LogP contribution in [0, 0.1) is 0 Å². The lowest BCUT2D eigenvalue weighted by Gasteiger charge is -2.19. The van der Waals surface area contributed by atoms with Gasteiger partial charge in [0.2, 0.25) is 0 Å². The standard InChI is InChI=1S/C15H19N3O/c1-15(2,3)12-7-5-11(6-8-12)14(19)17-13-9-10-16-18(13)4/h5-10H,1-4H3,(H,17,19). The second kappa shape index (κ2) is 4.88. The van der Waals surface area contributed by atoms with Crippen molar-refractivity contribution in [3.8, 4) is 0 Å². The van der Waals surface area contributed by atoms with Gasteiger partial charge in [0.1, 0.15) is 5.82 Å². The maximum atomic E-state index is 12.1. The summed E-state index contributed by atoms with van der Waals surface area (Å²) in [6.07, 6.45) is 1.65. The Hall–Kier alpha value is -2.10. The van der Waals surface area contributed by atoms with Crippen LogP contribution in [0.2, 0.25) is 0 Å². The first-order chi connectivity index (χ1) is 8.88. The van der Waals surface area contributed by atoms with E-state index in [2.05, 4.69) is 31.2 Å². The van der Waals surface area contributed by atoms with Gasteiger partial charge in [-0.2, -0.15) is 5.10 Å². The summed E-state index contributed by atoms with van der Waals surface area (Å²) in [5, 5.41) is 6.84. The molecule has 1 aromatic carbocycles. The molecule has 0 spiro atoms. The Morgan fingerprint density at radius 2 is 1.79 bits per heavy atom. The molecule has 0 saturated heterocycles. The molecular weight excluding hydrogens is 238 g/mol. The van der Waals surface area contributed by atoms with Crippen molar-refractivity contribution in [3.05, 3.63) is 47.7 Å². The Balaban J connectivity index is 2.14. The number of benzene rings is 1. The molecule has 1 N–H and O–H groups in total. The molecule has 0 unspecified atom stereocenters. The average Bonchev–Trinajstić information content (AvgIpc) is 2.74. The number of carbonyl (C=O) groups excluding carboxylic acids is 1. The molecular formula is C15H19N3O. The largest absolute Gasteiger partial charge is 0.307 e. The van der Waals surface area contributed by atoms with E-state index in [1.54, 1.807) is 24.0 Å². The highest BCUT2D eigenvalue weighted by atomic mass is 16.1. The van der Waals surface area contributed by atoms with Crippen molar-refractivity contribution in [3.63, 3.8) is 0 Å². The monoisotopic (exact) mass is 257 g/mol. The van der Waals surface area contributed by atoms with Crippen molar-refractivity contribution in [2.75, 3.05) is 5.32 Å². The van der Waals surface area contributed by atoms with Gasteiger partial charge in [0.15, 0.2) is 0 Å².